The van der Waals surface area contributed by atoms with E-state index < -0.39 is 16.7 Å². The third-order valence-corrected chi connectivity index (χ3v) is 4.02. The number of rotatable bonds is 7. The Bertz CT molecular complexity index is 1030. The number of carbonyl (C=O) groups excluding carboxylic acids is 2. The molecule has 2 aliphatic rings. The van der Waals surface area contributed by atoms with Gasteiger partial charge in [-0.2, -0.15) is 0 Å². The summed E-state index contributed by atoms with van der Waals surface area (Å²) in [6.07, 6.45) is 3.30. The topological polar surface area (TPSA) is 132 Å². The zero-order valence-electron chi connectivity index (χ0n) is 16.0. The molecular weight excluding hydrogens is 376 g/mol. The van der Waals surface area contributed by atoms with E-state index in [-0.39, 0.29) is 24.8 Å². The fraction of sp³-hybridized carbons (Fsp3) is 0.263. The van der Waals surface area contributed by atoms with Crippen molar-refractivity contribution in [3.05, 3.63) is 52.8 Å². The van der Waals surface area contributed by atoms with E-state index in [0.717, 1.165) is 0 Å². The number of nitro benzene ring substituents is 1. The van der Waals surface area contributed by atoms with Crippen molar-refractivity contribution in [1.29, 1.82) is 0 Å². The first kappa shape index (κ1) is 20.1. The number of imidazole rings is 1. The van der Waals surface area contributed by atoms with Gasteiger partial charge in [0.1, 0.15) is 12.2 Å². The van der Waals surface area contributed by atoms with E-state index in [4.69, 9.17) is 0 Å². The minimum Gasteiger partial charge on any atom is -0.343 e. The van der Waals surface area contributed by atoms with Gasteiger partial charge in [-0.15, -0.1) is 0 Å². The number of amides is 2. The van der Waals surface area contributed by atoms with Crippen LogP contribution in [-0.4, -0.2) is 43.9 Å². The van der Waals surface area contributed by atoms with Crippen LogP contribution in [0.2, 0.25) is 0 Å². The van der Waals surface area contributed by atoms with Gasteiger partial charge in [-0.25, -0.2) is 9.97 Å². The Morgan fingerprint density at radius 1 is 1.17 bits per heavy atom. The number of nitrogens with one attached hydrogen (secondary N) is 2. The van der Waals surface area contributed by atoms with Gasteiger partial charge >= 0.3 is 0 Å². The summed E-state index contributed by atoms with van der Waals surface area (Å²) in [5.74, 6) is -0.476. The van der Waals surface area contributed by atoms with Crippen LogP contribution in [0.4, 0.5) is 5.69 Å². The molecule has 10 heteroatoms. The molecule has 0 fully saturated rings. The van der Waals surface area contributed by atoms with E-state index in [9.17, 15) is 19.7 Å². The summed E-state index contributed by atoms with van der Waals surface area (Å²) < 4.78 is 1.59. The third-order valence-electron chi connectivity index (χ3n) is 4.02. The molecule has 2 amide bonds. The minimum atomic E-state index is -0.475. The quantitative estimate of drug-likeness (QED) is 0.458. The number of hydrogen-bond donors (Lipinski definition) is 2. The van der Waals surface area contributed by atoms with E-state index in [1.807, 2.05) is 13.8 Å². The second kappa shape index (κ2) is 8.57. The summed E-state index contributed by atoms with van der Waals surface area (Å²) in [5.41, 5.74) is 1.62. The summed E-state index contributed by atoms with van der Waals surface area (Å²) in [6.45, 7) is 3.82. The Hall–Kier alpha value is -3.66. The molecule has 0 spiro atoms. The maximum atomic E-state index is 12.1. The number of non-ortho nitro benzene ring substituents is 1. The van der Waals surface area contributed by atoms with Crippen molar-refractivity contribution in [2.24, 2.45) is 0 Å². The molecule has 0 unspecified atom stereocenters. The molecule has 29 heavy (non-hydrogen) atoms. The second-order valence-corrected chi connectivity index (χ2v) is 6.75. The Labute approximate surface area is 166 Å². The molecule has 3 rings (SSSR count). The number of carbonyl (C=O) groups is 2. The first-order valence-electron chi connectivity index (χ1n) is 8.96. The summed E-state index contributed by atoms with van der Waals surface area (Å²) in [7, 11) is 0. The molecule has 1 aromatic carbocycles. The number of nitrogens with zero attached hydrogens (tertiary/aromatic N) is 4. The van der Waals surface area contributed by atoms with Crippen molar-refractivity contribution in [1.82, 2.24) is 25.2 Å². The number of hydrogen-bond acceptors (Lipinski definition) is 7. The van der Waals surface area contributed by atoms with E-state index in [1.165, 1.54) is 12.1 Å². The van der Waals surface area contributed by atoms with Crippen molar-refractivity contribution in [2.45, 2.75) is 26.4 Å². The van der Waals surface area contributed by atoms with E-state index >= 15 is 0 Å². The highest BCUT2D eigenvalue weighted by molar-refractivity contribution is 5.96. The van der Waals surface area contributed by atoms with Crippen LogP contribution in [0.5, 0.6) is 0 Å². The number of pyridine rings is 1. The molecule has 2 aliphatic heterocycles. The monoisotopic (exact) mass is 396 g/mol. The lowest BCUT2D eigenvalue weighted by molar-refractivity contribution is -0.384. The van der Waals surface area contributed by atoms with Crippen LogP contribution >= 0.6 is 0 Å². The summed E-state index contributed by atoms with van der Waals surface area (Å²) in [5, 5.41) is 16.2. The van der Waals surface area contributed by atoms with Gasteiger partial charge in [0.05, 0.1) is 17.2 Å². The number of nitro groups is 1. The smallest absolute Gasteiger partial charge is 0.270 e. The number of aromatic nitrogens is 3. The molecule has 0 atom stereocenters. The largest absolute Gasteiger partial charge is 0.343 e. The first-order valence-corrected chi connectivity index (χ1v) is 8.96. The number of benzene rings is 1. The van der Waals surface area contributed by atoms with E-state index in [0.29, 0.717) is 22.8 Å². The number of fused-ring (bicyclic) bond motifs is 1. The van der Waals surface area contributed by atoms with Gasteiger partial charge in [0.2, 0.25) is 11.8 Å². The predicted octanol–water partition coefficient (Wildman–Crippen LogP) is 1.60. The third kappa shape index (κ3) is 5.20. The highest BCUT2D eigenvalue weighted by atomic mass is 16.6. The normalized spacial score (nSPS) is 11.0. The fourth-order valence-electron chi connectivity index (χ4n) is 2.64. The van der Waals surface area contributed by atoms with Crippen LogP contribution in [-0.2, 0) is 16.1 Å². The second-order valence-electron chi connectivity index (χ2n) is 6.75. The average molecular weight is 396 g/mol. The van der Waals surface area contributed by atoms with Crippen molar-refractivity contribution in [2.75, 3.05) is 6.54 Å². The molecule has 2 heterocycles. The Morgan fingerprint density at radius 3 is 2.66 bits per heavy atom. The molecule has 150 valence electrons. The molecule has 0 bridgehead atoms. The molecular formula is C19H20N6O4. The Balaban J connectivity index is 1.72. The van der Waals surface area contributed by atoms with Crippen molar-refractivity contribution >= 4 is 17.5 Å². The zero-order chi connectivity index (χ0) is 21.0. The van der Waals surface area contributed by atoms with Crippen LogP contribution in [0.3, 0.4) is 0 Å². The minimum absolute atomic E-state index is 0.0419. The lowest BCUT2D eigenvalue weighted by Gasteiger charge is -2.10. The number of imide groups is 1. The van der Waals surface area contributed by atoms with Gasteiger partial charge < -0.3 is 9.88 Å². The van der Waals surface area contributed by atoms with Crippen LogP contribution in [0.1, 0.15) is 13.8 Å². The molecule has 0 aliphatic carbocycles. The molecule has 2 N–H and O–H groups in total. The summed E-state index contributed by atoms with van der Waals surface area (Å²) in [4.78, 5) is 43.0. The van der Waals surface area contributed by atoms with Crippen molar-refractivity contribution in [3.63, 3.8) is 0 Å². The fourth-order valence-corrected chi connectivity index (χ4v) is 2.64. The van der Waals surface area contributed by atoms with Gasteiger partial charge in [0, 0.05) is 36.1 Å². The van der Waals surface area contributed by atoms with Crippen LogP contribution in [0.25, 0.3) is 22.8 Å². The van der Waals surface area contributed by atoms with Gasteiger partial charge in [0.15, 0.2) is 5.82 Å². The van der Waals surface area contributed by atoms with Crippen molar-refractivity contribution < 1.29 is 14.5 Å². The van der Waals surface area contributed by atoms with Crippen LogP contribution < -0.4 is 10.6 Å². The van der Waals surface area contributed by atoms with Crippen LogP contribution in [0.15, 0.2) is 42.7 Å². The molecule has 0 saturated carbocycles. The lowest BCUT2D eigenvalue weighted by Crippen LogP contribution is -2.41. The molecule has 0 aromatic heterocycles. The van der Waals surface area contributed by atoms with Gasteiger partial charge in [-0.05, 0) is 6.07 Å². The Morgan fingerprint density at radius 2 is 1.93 bits per heavy atom. The molecule has 0 saturated heterocycles. The van der Waals surface area contributed by atoms with Gasteiger partial charge in [-0.3, -0.25) is 25.0 Å². The van der Waals surface area contributed by atoms with Gasteiger partial charge in [-0.1, -0.05) is 26.0 Å². The Kier molecular flexibility index (Phi) is 5.93. The molecule has 0 radical (unpaired) electrons. The molecule has 1 aromatic rings. The maximum absolute atomic E-state index is 12.1. The van der Waals surface area contributed by atoms with Gasteiger partial charge in [0.25, 0.3) is 5.69 Å². The summed E-state index contributed by atoms with van der Waals surface area (Å²) >= 11 is 0. The van der Waals surface area contributed by atoms with E-state index in [2.05, 4.69) is 20.6 Å². The first-order chi connectivity index (χ1) is 13.8. The maximum Gasteiger partial charge on any atom is 0.270 e. The SMILES string of the molecule is CC(C)NCC(=O)NC(=O)Cn1ccc2nc(-c3cccc([N+](=O)[O-])c3)nc-2c1. The van der Waals surface area contributed by atoms with Crippen LogP contribution in [0, 0.1) is 10.1 Å². The standard InChI is InChI=1S/C19H20N6O4/c1-12(2)20-9-17(26)23-18(27)11-24-7-6-15-16(10-24)22-19(21-15)13-4-3-5-14(8-13)25(28)29/h3-8,10,12,20H,9,11H2,1-2H3,(H,23,26,27). The molecule has 10 nitrogen and oxygen atoms in total. The zero-order valence-corrected chi connectivity index (χ0v) is 16.0. The average Bonchev–Trinajstić information content (AvgIpc) is 3.09. The predicted molar refractivity (Wildman–Crippen MR) is 105 cm³/mol. The van der Waals surface area contributed by atoms with E-state index in [1.54, 1.807) is 35.2 Å². The lowest BCUT2D eigenvalue weighted by atomic mass is 10.2. The van der Waals surface area contributed by atoms with Crippen molar-refractivity contribution in [3.8, 4) is 22.8 Å². The summed E-state index contributed by atoms with van der Waals surface area (Å²) in [6, 6.07) is 7.91. The highest BCUT2D eigenvalue weighted by Crippen LogP contribution is 2.26. The highest BCUT2D eigenvalue weighted by Gasteiger charge is 2.16.